The van der Waals surface area contributed by atoms with Crippen molar-refractivity contribution in [3.05, 3.63) is 78.1 Å². The molecule has 1 saturated heterocycles. The maximum atomic E-state index is 12.1. The number of hydrogen-bond donors (Lipinski definition) is 2. The van der Waals surface area contributed by atoms with Gasteiger partial charge in [-0.3, -0.25) is 9.88 Å². The van der Waals surface area contributed by atoms with Crippen LogP contribution in [-0.2, 0) is 6.54 Å². The second kappa shape index (κ2) is 8.97. The van der Waals surface area contributed by atoms with Gasteiger partial charge in [-0.05, 0) is 60.9 Å². The SMILES string of the molecule is Cc1ccc2c(N3CC[C@@H](N(Cc4ccncc4)C(=O)O)C3)nc(-c3ccccc3O)nc2c1. The molecule has 1 amide bonds. The highest BCUT2D eigenvalue weighted by Gasteiger charge is 2.32. The van der Waals surface area contributed by atoms with Crippen LogP contribution in [0.2, 0.25) is 0 Å². The Bertz CT molecular complexity index is 1350. The number of benzene rings is 2. The van der Waals surface area contributed by atoms with Gasteiger partial charge in [-0.15, -0.1) is 0 Å². The van der Waals surface area contributed by atoms with Crippen molar-refractivity contribution in [2.75, 3.05) is 18.0 Å². The summed E-state index contributed by atoms with van der Waals surface area (Å²) in [6, 6.07) is 16.6. The van der Waals surface area contributed by atoms with Crippen molar-refractivity contribution in [3.63, 3.8) is 0 Å². The van der Waals surface area contributed by atoms with Crippen molar-refractivity contribution in [2.45, 2.75) is 25.9 Å². The number of aromatic nitrogens is 3. The lowest BCUT2D eigenvalue weighted by atomic mass is 10.1. The Morgan fingerprint density at radius 1 is 1.12 bits per heavy atom. The van der Waals surface area contributed by atoms with E-state index in [1.165, 1.54) is 4.90 Å². The first-order valence-corrected chi connectivity index (χ1v) is 11.2. The van der Waals surface area contributed by atoms with E-state index in [-0.39, 0.29) is 11.8 Å². The predicted molar refractivity (Wildman–Crippen MR) is 130 cm³/mol. The number of phenolic OH excluding ortho intramolecular Hbond substituents is 1. The van der Waals surface area contributed by atoms with Crippen molar-refractivity contribution in [2.24, 2.45) is 0 Å². The molecule has 8 nitrogen and oxygen atoms in total. The summed E-state index contributed by atoms with van der Waals surface area (Å²) in [5.74, 6) is 1.32. The minimum atomic E-state index is -0.943. The van der Waals surface area contributed by atoms with Crippen LogP contribution in [0.5, 0.6) is 5.75 Å². The van der Waals surface area contributed by atoms with E-state index in [1.807, 2.05) is 43.3 Å². The summed E-state index contributed by atoms with van der Waals surface area (Å²) in [5, 5.41) is 21.2. The third-order valence-corrected chi connectivity index (χ3v) is 6.23. The Hall–Kier alpha value is -4.20. The fraction of sp³-hybridized carbons (Fsp3) is 0.231. The van der Waals surface area contributed by atoms with Gasteiger partial charge in [-0.25, -0.2) is 14.8 Å². The maximum Gasteiger partial charge on any atom is 0.407 e. The number of nitrogens with zero attached hydrogens (tertiary/aromatic N) is 5. The Kier molecular flexibility index (Phi) is 5.71. The van der Waals surface area contributed by atoms with E-state index >= 15 is 0 Å². The molecule has 34 heavy (non-hydrogen) atoms. The number of aromatic hydroxyl groups is 1. The quantitative estimate of drug-likeness (QED) is 0.458. The van der Waals surface area contributed by atoms with Crippen molar-refractivity contribution in [3.8, 4) is 17.1 Å². The minimum Gasteiger partial charge on any atom is -0.507 e. The van der Waals surface area contributed by atoms with E-state index in [0.717, 1.165) is 27.8 Å². The Balaban J connectivity index is 1.50. The molecule has 2 N–H and O–H groups in total. The summed E-state index contributed by atoms with van der Waals surface area (Å²) in [6.45, 7) is 3.52. The number of carboxylic acid groups (broad SMARTS) is 1. The number of hydrogen-bond acceptors (Lipinski definition) is 6. The zero-order valence-corrected chi connectivity index (χ0v) is 18.8. The van der Waals surface area contributed by atoms with E-state index in [1.54, 1.807) is 30.6 Å². The second-order valence-corrected chi connectivity index (χ2v) is 8.56. The van der Waals surface area contributed by atoms with Gasteiger partial charge in [0.25, 0.3) is 0 Å². The number of fused-ring (bicyclic) bond motifs is 1. The molecule has 1 atom stereocenters. The highest BCUT2D eigenvalue weighted by Crippen LogP contribution is 2.34. The van der Waals surface area contributed by atoms with Crippen molar-refractivity contribution < 1.29 is 15.0 Å². The van der Waals surface area contributed by atoms with Gasteiger partial charge in [0.15, 0.2) is 5.82 Å². The molecule has 0 radical (unpaired) electrons. The smallest absolute Gasteiger partial charge is 0.407 e. The van der Waals surface area contributed by atoms with Crippen LogP contribution < -0.4 is 4.90 Å². The Morgan fingerprint density at radius 3 is 2.68 bits per heavy atom. The molecule has 1 aliphatic heterocycles. The minimum absolute atomic E-state index is 0.120. The number of amides is 1. The molecular weight excluding hydrogens is 430 g/mol. The summed E-state index contributed by atoms with van der Waals surface area (Å²) >= 11 is 0. The van der Waals surface area contributed by atoms with E-state index in [4.69, 9.17) is 9.97 Å². The summed E-state index contributed by atoms with van der Waals surface area (Å²) < 4.78 is 0. The molecule has 172 valence electrons. The van der Waals surface area contributed by atoms with Crippen LogP contribution in [-0.4, -0.2) is 55.3 Å². The van der Waals surface area contributed by atoms with Gasteiger partial charge in [-0.2, -0.15) is 0 Å². The lowest BCUT2D eigenvalue weighted by Gasteiger charge is -2.27. The van der Waals surface area contributed by atoms with Gasteiger partial charge in [0.1, 0.15) is 11.6 Å². The van der Waals surface area contributed by atoms with Crippen LogP contribution in [0, 0.1) is 6.92 Å². The molecule has 3 heterocycles. The zero-order valence-electron chi connectivity index (χ0n) is 18.8. The van der Waals surface area contributed by atoms with Crippen molar-refractivity contribution in [1.29, 1.82) is 0 Å². The Morgan fingerprint density at radius 2 is 1.91 bits per heavy atom. The van der Waals surface area contributed by atoms with Crippen LogP contribution in [0.25, 0.3) is 22.3 Å². The number of anilines is 1. The number of para-hydroxylation sites is 1. The van der Waals surface area contributed by atoms with E-state index in [9.17, 15) is 15.0 Å². The maximum absolute atomic E-state index is 12.1. The lowest BCUT2D eigenvalue weighted by molar-refractivity contribution is 0.124. The van der Waals surface area contributed by atoms with E-state index in [2.05, 4.69) is 9.88 Å². The second-order valence-electron chi connectivity index (χ2n) is 8.56. The molecule has 0 aliphatic carbocycles. The van der Waals surface area contributed by atoms with Crippen LogP contribution in [0.4, 0.5) is 10.6 Å². The van der Waals surface area contributed by atoms with E-state index in [0.29, 0.717) is 37.4 Å². The average Bonchev–Trinajstić information content (AvgIpc) is 3.32. The number of aryl methyl sites for hydroxylation is 1. The number of rotatable bonds is 5. The molecule has 1 aliphatic rings. The standard InChI is InChI=1S/C26H25N5O3/c1-17-6-7-20-22(14-17)28-24(21-4-2-3-5-23(21)32)29-25(20)30-13-10-19(16-30)31(26(33)34)15-18-8-11-27-12-9-18/h2-9,11-12,14,19,32H,10,13,15-16H2,1H3,(H,33,34)/t19-/m1/s1. The third-order valence-electron chi connectivity index (χ3n) is 6.23. The molecule has 0 unspecified atom stereocenters. The Labute approximate surface area is 197 Å². The van der Waals surface area contributed by atoms with E-state index < -0.39 is 6.09 Å². The predicted octanol–water partition coefficient (Wildman–Crippen LogP) is 4.46. The summed E-state index contributed by atoms with van der Waals surface area (Å²) in [7, 11) is 0. The van der Waals surface area contributed by atoms with Gasteiger partial charge in [0.2, 0.25) is 0 Å². The first-order chi connectivity index (χ1) is 16.5. The number of pyridine rings is 1. The summed E-state index contributed by atoms with van der Waals surface area (Å²) in [6.07, 6.45) is 3.10. The summed E-state index contributed by atoms with van der Waals surface area (Å²) in [4.78, 5) is 29.3. The van der Waals surface area contributed by atoms with Crippen LogP contribution in [0.1, 0.15) is 17.5 Å². The number of carbonyl (C=O) groups is 1. The molecular formula is C26H25N5O3. The van der Waals surface area contributed by atoms with Gasteiger partial charge in [0, 0.05) is 37.4 Å². The third kappa shape index (κ3) is 4.22. The van der Waals surface area contributed by atoms with Gasteiger partial charge >= 0.3 is 6.09 Å². The van der Waals surface area contributed by atoms with Crippen LogP contribution >= 0.6 is 0 Å². The molecule has 1 fully saturated rings. The number of phenols is 1. The van der Waals surface area contributed by atoms with Crippen molar-refractivity contribution >= 4 is 22.8 Å². The molecule has 8 heteroatoms. The molecule has 5 rings (SSSR count). The normalized spacial score (nSPS) is 15.6. The van der Waals surface area contributed by atoms with Gasteiger partial charge in [0.05, 0.1) is 17.1 Å². The monoisotopic (exact) mass is 455 g/mol. The fourth-order valence-electron chi connectivity index (χ4n) is 4.47. The molecule has 2 aromatic carbocycles. The average molecular weight is 456 g/mol. The van der Waals surface area contributed by atoms with Gasteiger partial charge in [-0.1, -0.05) is 18.2 Å². The lowest BCUT2D eigenvalue weighted by Crippen LogP contribution is -2.40. The first-order valence-electron chi connectivity index (χ1n) is 11.2. The molecule has 2 aromatic heterocycles. The molecule has 0 spiro atoms. The highest BCUT2D eigenvalue weighted by atomic mass is 16.4. The van der Waals surface area contributed by atoms with Crippen LogP contribution in [0.3, 0.4) is 0 Å². The van der Waals surface area contributed by atoms with Crippen molar-refractivity contribution in [1.82, 2.24) is 19.9 Å². The zero-order chi connectivity index (χ0) is 23.7. The largest absolute Gasteiger partial charge is 0.507 e. The summed E-state index contributed by atoms with van der Waals surface area (Å²) in [5.41, 5.74) is 3.33. The van der Waals surface area contributed by atoms with Crippen LogP contribution in [0.15, 0.2) is 67.0 Å². The molecule has 0 saturated carbocycles. The highest BCUT2D eigenvalue weighted by molar-refractivity contribution is 5.92. The first kappa shape index (κ1) is 21.6. The molecule has 4 aromatic rings. The topological polar surface area (TPSA) is 103 Å². The van der Waals surface area contributed by atoms with Gasteiger partial charge < -0.3 is 15.1 Å². The fourth-order valence-corrected chi connectivity index (χ4v) is 4.47. The molecule has 0 bridgehead atoms.